The molecule has 4 rings (SSSR count). The molecule has 0 bridgehead atoms. The fourth-order valence-electron chi connectivity index (χ4n) is 4.09. The molecule has 2 saturated heterocycles. The van der Waals surface area contributed by atoms with Gasteiger partial charge in [0.15, 0.2) is 0 Å². The highest BCUT2D eigenvalue weighted by atomic mass is 19.4. The topological polar surface area (TPSA) is 89.0 Å². The third kappa shape index (κ3) is 6.29. The van der Waals surface area contributed by atoms with Gasteiger partial charge >= 0.3 is 12.1 Å². The quantitative estimate of drug-likeness (QED) is 0.747. The second-order valence-electron chi connectivity index (χ2n) is 8.31. The minimum Gasteiger partial charge on any atom is -0.475 e. The summed E-state index contributed by atoms with van der Waals surface area (Å²) in [6, 6.07) is 6.01. The molecular formula is C22H27F3N2O5. The number of carboxylic acids is 1. The molecule has 0 saturated carbocycles. The van der Waals surface area contributed by atoms with E-state index in [4.69, 9.17) is 19.4 Å². The average molecular weight is 456 g/mol. The van der Waals surface area contributed by atoms with Crippen molar-refractivity contribution in [2.75, 3.05) is 19.7 Å². The predicted molar refractivity (Wildman–Crippen MR) is 108 cm³/mol. The Morgan fingerprint density at radius 3 is 2.66 bits per heavy atom. The molecule has 32 heavy (non-hydrogen) atoms. The van der Waals surface area contributed by atoms with E-state index in [9.17, 15) is 18.0 Å². The second-order valence-corrected chi connectivity index (χ2v) is 8.31. The number of ether oxygens (including phenoxy) is 2. The van der Waals surface area contributed by atoms with Gasteiger partial charge in [-0.05, 0) is 44.7 Å². The van der Waals surface area contributed by atoms with Crippen molar-refractivity contribution in [2.45, 2.75) is 63.5 Å². The van der Waals surface area contributed by atoms with Crippen LogP contribution in [-0.4, -0.2) is 64.4 Å². The number of carbonyl (C=O) groups excluding carboxylic acids is 1. The van der Waals surface area contributed by atoms with Crippen molar-refractivity contribution < 1.29 is 37.3 Å². The Balaban J connectivity index is 0.000000360. The largest absolute Gasteiger partial charge is 0.490 e. The number of carbonyl (C=O) groups is 2. The summed E-state index contributed by atoms with van der Waals surface area (Å²) >= 11 is 0. The van der Waals surface area contributed by atoms with Crippen LogP contribution in [0.5, 0.6) is 0 Å². The van der Waals surface area contributed by atoms with Crippen LogP contribution in [0.1, 0.15) is 43.5 Å². The van der Waals surface area contributed by atoms with Crippen molar-refractivity contribution in [3.63, 3.8) is 0 Å². The maximum absolute atomic E-state index is 12.4. The maximum atomic E-state index is 12.4. The highest BCUT2D eigenvalue weighted by molar-refractivity contribution is 5.94. The second kappa shape index (κ2) is 9.99. The number of hydrogen-bond acceptors (Lipinski definition) is 5. The van der Waals surface area contributed by atoms with E-state index in [1.54, 1.807) is 0 Å². The van der Waals surface area contributed by atoms with Gasteiger partial charge in [0.05, 0.1) is 31.5 Å². The van der Waals surface area contributed by atoms with Gasteiger partial charge in [0.25, 0.3) is 0 Å². The van der Waals surface area contributed by atoms with Crippen LogP contribution in [0.15, 0.2) is 29.8 Å². The van der Waals surface area contributed by atoms with Crippen molar-refractivity contribution in [1.29, 1.82) is 0 Å². The van der Waals surface area contributed by atoms with Gasteiger partial charge in [0.2, 0.25) is 5.91 Å². The van der Waals surface area contributed by atoms with E-state index in [0.29, 0.717) is 26.3 Å². The summed E-state index contributed by atoms with van der Waals surface area (Å²) in [7, 11) is 0. The first-order valence-corrected chi connectivity index (χ1v) is 10.5. The van der Waals surface area contributed by atoms with Gasteiger partial charge < -0.3 is 19.5 Å². The van der Waals surface area contributed by atoms with Crippen molar-refractivity contribution in [3.8, 4) is 0 Å². The zero-order valence-electron chi connectivity index (χ0n) is 17.9. The molecule has 1 aliphatic carbocycles. The molecule has 3 aliphatic rings. The third-order valence-corrected chi connectivity index (χ3v) is 5.66. The lowest BCUT2D eigenvalue weighted by molar-refractivity contribution is -0.200. The van der Waals surface area contributed by atoms with Crippen LogP contribution < -0.4 is 0 Å². The maximum Gasteiger partial charge on any atom is 0.490 e. The number of halogens is 3. The van der Waals surface area contributed by atoms with E-state index in [0.717, 1.165) is 49.1 Å². The van der Waals surface area contributed by atoms with Crippen LogP contribution in [0.4, 0.5) is 13.2 Å². The summed E-state index contributed by atoms with van der Waals surface area (Å²) in [5.41, 5.74) is 2.78. The van der Waals surface area contributed by atoms with Gasteiger partial charge in [-0.2, -0.15) is 13.2 Å². The third-order valence-electron chi connectivity index (χ3n) is 5.66. The molecule has 1 aromatic heterocycles. The summed E-state index contributed by atoms with van der Waals surface area (Å²) in [5, 5.41) is 7.12. The van der Waals surface area contributed by atoms with Crippen LogP contribution in [0.3, 0.4) is 0 Å². The van der Waals surface area contributed by atoms with Crippen LogP contribution in [-0.2, 0) is 25.7 Å². The molecule has 10 heteroatoms. The summed E-state index contributed by atoms with van der Waals surface area (Å²) in [5.74, 6) is -2.55. The SMILES string of the molecule is Cc1cccc(COC2CCOC3(C2)CN(C(=O)C2=CCCC2)C3)n1.O=C(O)C(F)(F)F. The van der Waals surface area contributed by atoms with Crippen molar-refractivity contribution in [2.24, 2.45) is 0 Å². The number of allylic oxidation sites excluding steroid dienone is 1. The number of aryl methyl sites for hydroxylation is 1. The highest BCUT2D eigenvalue weighted by Crippen LogP contribution is 2.37. The molecule has 2 fully saturated rings. The zero-order valence-corrected chi connectivity index (χ0v) is 17.9. The standard InChI is InChI=1S/C20H26N2O3.C2HF3O2/c1-15-5-4-8-17(21-15)12-24-18-9-10-25-20(11-18)13-22(14-20)19(23)16-6-2-3-7-16;3-2(4,5)1(6)7/h4-6,8,18H,2-3,7,9-14H2,1H3;(H,6,7). The van der Waals surface area contributed by atoms with Crippen LogP contribution in [0, 0.1) is 6.92 Å². The Morgan fingerprint density at radius 2 is 2.06 bits per heavy atom. The van der Waals surface area contributed by atoms with E-state index in [1.165, 1.54) is 0 Å². The van der Waals surface area contributed by atoms with Crippen molar-refractivity contribution in [3.05, 3.63) is 41.2 Å². The first-order valence-electron chi connectivity index (χ1n) is 10.5. The summed E-state index contributed by atoms with van der Waals surface area (Å²) in [4.78, 5) is 27.8. The molecule has 7 nitrogen and oxygen atoms in total. The Bertz CT molecular complexity index is 865. The molecular weight excluding hydrogens is 429 g/mol. The van der Waals surface area contributed by atoms with Gasteiger partial charge in [-0.3, -0.25) is 9.78 Å². The van der Waals surface area contributed by atoms with Crippen LogP contribution in [0.2, 0.25) is 0 Å². The molecule has 0 aromatic carbocycles. The first-order chi connectivity index (χ1) is 15.1. The van der Waals surface area contributed by atoms with Crippen molar-refractivity contribution in [1.82, 2.24) is 9.88 Å². The molecule has 1 amide bonds. The van der Waals surface area contributed by atoms with Crippen molar-refractivity contribution >= 4 is 11.9 Å². The highest BCUT2D eigenvalue weighted by Gasteiger charge is 2.50. The van der Waals surface area contributed by atoms with Crippen LogP contribution in [0.25, 0.3) is 0 Å². The molecule has 1 aromatic rings. The number of likely N-dealkylation sites (tertiary alicyclic amines) is 1. The predicted octanol–water partition coefficient (Wildman–Crippen LogP) is 3.41. The molecule has 1 unspecified atom stereocenters. The number of alkyl halides is 3. The minimum absolute atomic E-state index is 0.180. The van der Waals surface area contributed by atoms with Gasteiger partial charge in [0.1, 0.15) is 5.60 Å². The number of rotatable bonds is 4. The number of nitrogens with zero attached hydrogens (tertiary/aromatic N) is 2. The number of pyridine rings is 1. The number of aliphatic carboxylic acids is 1. The Morgan fingerprint density at radius 1 is 1.34 bits per heavy atom. The Kier molecular flexibility index (Phi) is 7.55. The normalized spacial score (nSPS) is 21.9. The summed E-state index contributed by atoms with van der Waals surface area (Å²) in [6.45, 7) is 4.64. The number of carboxylic acid groups (broad SMARTS) is 1. The molecule has 1 atom stereocenters. The van der Waals surface area contributed by atoms with E-state index < -0.39 is 12.1 Å². The first kappa shape index (κ1) is 24.2. The molecule has 176 valence electrons. The molecule has 1 N–H and O–H groups in total. The zero-order chi connectivity index (χ0) is 23.4. The van der Waals surface area contributed by atoms with Crippen LogP contribution >= 0.6 is 0 Å². The minimum atomic E-state index is -5.08. The lowest BCUT2D eigenvalue weighted by atomic mass is 9.84. The molecule has 0 radical (unpaired) electrons. The number of aromatic nitrogens is 1. The van der Waals surface area contributed by atoms with Gasteiger partial charge in [0, 0.05) is 24.3 Å². The smallest absolute Gasteiger partial charge is 0.475 e. The summed E-state index contributed by atoms with van der Waals surface area (Å²) < 4.78 is 43.9. The van der Waals surface area contributed by atoms with Gasteiger partial charge in [-0.15, -0.1) is 0 Å². The Labute approximate surface area is 184 Å². The molecule has 3 heterocycles. The summed E-state index contributed by atoms with van der Waals surface area (Å²) in [6.07, 6.45) is 2.04. The van der Waals surface area contributed by atoms with E-state index >= 15 is 0 Å². The number of hydrogen-bond donors (Lipinski definition) is 1. The average Bonchev–Trinajstić information content (AvgIpc) is 3.25. The van der Waals surface area contributed by atoms with Gasteiger partial charge in [-0.1, -0.05) is 12.1 Å². The fourth-order valence-corrected chi connectivity index (χ4v) is 4.09. The van der Waals surface area contributed by atoms with Gasteiger partial charge in [-0.25, -0.2) is 4.79 Å². The number of amides is 1. The van der Waals surface area contributed by atoms with E-state index in [-0.39, 0.29) is 17.6 Å². The lowest BCUT2D eigenvalue weighted by Crippen LogP contribution is -2.67. The lowest BCUT2D eigenvalue weighted by Gasteiger charge is -2.53. The fraction of sp³-hybridized carbons (Fsp3) is 0.591. The Hall–Kier alpha value is -2.46. The molecule has 1 spiro atoms. The molecule has 2 aliphatic heterocycles. The van der Waals surface area contributed by atoms with E-state index in [1.807, 2.05) is 30.0 Å². The monoisotopic (exact) mass is 456 g/mol. The van der Waals surface area contributed by atoms with E-state index in [2.05, 4.69) is 11.1 Å².